The minimum Gasteiger partial charge on any atom is -0.457 e. The number of ether oxygens (including phenoxy) is 1. The summed E-state index contributed by atoms with van der Waals surface area (Å²) in [6, 6.07) is 30.6. The maximum Gasteiger partial charge on any atom is 0.318 e. The fraction of sp³-hybridized carbons (Fsp3) is 0.242. The first-order chi connectivity index (χ1) is 20.0. The van der Waals surface area contributed by atoms with Gasteiger partial charge < -0.3 is 24.8 Å². The summed E-state index contributed by atoms with van der Waals surface area (Å²) < 4.78 is 7.69. The quantitative estimate of drug-likeness (QED) is 0.339. The van der Waals surface area contributed by atoms with Crippen LogP contribution < -0.4 is 20.9 Å². The first-order valence-corrected chi connectivity index (χ1v) is 13.9. The van der Waals surface area contributed by atoms with Crippen molar-refractivity contribution in [2.45, 2.75) is 31.3 Å². The standard InChI is InChI=1S/C33H32N4O4/c38-31-13-7-12-30-25-18-24(21-37(30)31)20-36(22-25)33(40)35-29(19-23-8-3-1-4-9-23)32(39)34-26-14-16-28(17-15-26)41-27-10-5-2-6-11-27/h1-17,24-25,29H,18-22H2,(H,34,39)(H,35,40)/t24-,25+,29-/m0/s1. The van der Waals surface area contributed by atoms with Crippen LogP contribution in [0.25, 0.3) is 0 Å². The maximum absolute atomic E-state index is 13.5. The number of anilines is 1. The molecule has 0 saturated carbocycles. The van der Waals surface area contributed by atoms with E-state index in [0.717, 1.165) is 23.4 Å². The molecular weight excluding hydrogens is 516 g/mol. The van der Waals surface area contributed by atoms with Gasteiger partial charge in [0, 0.05) is 49.4 Å². The number of pyridine rings is 1. The fourth-order valence-corrected chi connectivity index (χ4v) is 5.82. The zero-order valence-corrected chi connectivity index (χ0v) is 22.6. The number of carbonyl (C=O) groups excluding carboxylic acids is 2. The number of likely N-dealkylation sites (tertiary alicyclic amines) is 1. The molecule has 3 heterocycles. The molecule has 4 aromatic rings. The Morgan fingerprint density at radius 1 is 0.805 bits per heavy atom. The van der Waals surface area contributed by atoms with Gasteiger partial charge in [-0.1, -0.05) is 54.6 Å². The summed E-state index contributed by atoms with van der Waals surface area (Å²) in [5.74, 6) is 1.38. The lowest BCUT2D eigenvalue weighted by Crippen LogP contribution is -2.55. The molecule has 0 spiro atoms. The fourth-order valence-electron chi connectivity index (χ4n) is 5.82. The van der Waals surface area contributed by atoms with Gasteiger partial charge in [0.1, 0.15) is 17.5 Å². The Labute approximate surface area is 238 Å². The molecule has 8 nitrogen and oxygen atoms in total. The first-order valence-electron chi connectivity index (χ1n) is 13.9. The van der Waals surface area contributed by atoms with Crippen LogP contribution in [0.3, 0.4) is 0 Å². The summed E-state index contributed by atoms with van der Waals surface area (Å²) in [5, 5.41) is 5.96. The van der Waals surface area contributed by atoms with Gasteiger partial charge in [-0.15, -0.1) is 0 Å². The number of benzene rings is 3. The number of hydrogen-bond donors (Lipinski definition) is 2. The van der Waals surface area contributed by atoms with Crippen molar-refractivity contribution in [3.8, 4) is 11.5 Å². The Kier molecular flexibility index (Phi) is 7.54. The third-order valence-electron chi connectivity index (χ3n) is 7.76. The molecule has 2 N–H and O–H groups in total. The Balaban J connectivity index is 1.14. The Morgan fingerprint density at radius 3 is 2.27 bits per heavy atom. The Morgan fingerprint density at radius 2 is 1.51 bits per heavy atom. The van der Waals surface area contributed by atoms with Crippen LogP contribution in [0.1, 0.15) is 23.6 Å². The van der Waals surface area contributed by atoms with E-state index in [1.807, 2.05) is 71.3 Å². The van der Waals surface area contributed by atoms with Crippen molar-refractivity contribution >= 4 is 17.6 Å². The predicted molar refractivity (Wildman–Crippen MR) is 157 cm³/mol. The first kappa shape index (κ1) is 26.4. The molecule has 2 bridgehead atoms. The average Bonchev–Trinajstić information content (AvgIpc) is 2.99. The summed E-state index contributed by atoms with van der Waals surface area (Å²) in [7, 11) is 0. The van der Waals surface area contributed by atoms with Gasteiger partial charge >= 0.3 is 6.03 Å². The highest BCUT2D eigenvalue weighted by Crippen LogP contribution is 2.35. The normalized spacial score (nSPS) is 18.1. The largest absolute Gasteiger partial charge is 0.457 e. The highest BCUT2D eigenvalue weighted by atomic mass is 16.5. The van der Waals surface area contributed by atoms with E-state index in [0.29, 0.717) is 37.5 Å². The molecule has 2 aliphatic heterocycles. The van der Waals surface area contributed by atoms with Crippen LogP contribution in [0.15, 0.2) is 108 Å². The second kappa shape index (κ2) is 11.7. The third-order valence-corrected chi connectivity index (χ3v) is 7.76. The molecule has 41 heavy (non-hydrogen) atoms. The molecule has 208 valence electrons. The number of carbonyl (C=O) groups is 2. The lowest BCUT2D eigenvalue weighted by atomic mass is 9.83. The molecule has 6 rings (SSSR count). The smallest absolute Gasteiger partial charge is 0.318 e. The molecule has 8 heteroatoms. The van der Waals surface area contributed by atoms with Crippen LogP contribution >= 0.6 is 0 Å². The molecule has 0 unspecified atom stereocenters. The van der Waals surface area contributed by atoms with Crippen LogP contribution in [0.2, 0.25) is 0 Å². The minimum atomic E-state index is -0.776. The number of amides is 3. The topological polar surface area (TPSA) is 92.7 Å². The molecule has 2 aliphatic rings. The van der Waals surface area contributed by atoms with Crippen molar-refractivity contribution in [2.75, 3.05) is 18.4 Å². The van der Waals surface area contributed by atoms with E-state index < -0.39 is 6.04 Å². The molecule has 3 aromatic carbocycles. The monoisotopic (exact) mass is 548 g/mol. The van der Waals surface area contributed by atoms with Gasteiger partial charge in [-0.25, -0.2) is 4.79 Å². The van der Waals surface area contributed by atoms with E-state index in [-0.39, 0.29) is 29.3 Å². The van der Waals surface area contributed by atoms with E-state index in [1.54, 1.807) is 41.3 Å². The summed E-state index contributed by atoms with van der Waals surface area (Å²) in [5.41, 5.74) is 2.54. The van der Waals surface area contributed by atoms with Gasteiger partial charge in [-0.05, 0) is 60.4 Å². The van der Waals surface area contributed by atoms with Gasteiger partial charge in [-0.2, -0.15) is 0 Å². The molecule has 3 atom stereocenters. The number of piperidine rings is 1. The van der Waals surface area contributed by atoms with Crippen molar-refractivity contribution < 1.29 is 14.3 Å². The Hall–Kier alpha value is -4.85. The second-order valence-electron chi connectivity index (χ2n) is 10.7. The zero-order valence-electron chi connectivity index (χ0n) is 22.6. The highest BCUT2D eigenvalue weighted by Gasteiger charge is 2.37. The summed E-state index contributed by atoms with van der Waals surface area (Å²) >= 11 is 0. The van der Waals surface area contributed by atoms with E-state index >= 15 is 0 Å². The highest BCUT2D eigenvalue weighted by molar-refractivity contribution is 5.97. The molecular formula is C33H32N4O4. The SMILES string of the molecule is O=C(Nc1ccc(Oc2ccccc2)cc1)[C@H](Cc1ccccc1)NC(=O)N1C[C@@H]2C[C@H](C1)c1cccc(=O)n1C2. The van der Waals surface area contributed by atoms with Crippen molar-refractivity contribution in [3.05, 3.63) is 125 Å². The van der Waals surface area contributed by atoms with Crippen LogP contribution in [-0.2, 0) is 17.8 Å². The van der Waals surface area contributed by atoms with E-state index in [4.69, 9.17) is 4.74 Å². The van der Waals surface area contributed by atoms with Gasteiger partial charge in [0.05, 0.1) is 0 Å². The van der Waals surface area contributed by atoms with E-state index in [9.17, 15) is 14.4 Å². The van der Waals surface area contributed by atoms with Gasteiger partial charge in [0.15, 0.2) is 0 Å². The average molecular weight is 549 g/mol. The van der Waals surface area contributed by atoms with Gasteiger partial charge in [0.2, 0.25) is 5.91 Å². The minimum absolute atomic E-state index is 0.00867. The van der Waals surface area contributed by atoms with Crippen molar-refractivity contribution in [1.29, 1.82) is 0 Å². The molecule has 1 fully saturated rings. The van der Waals surface area contributed by atoms with Crippen LogP contribution in [-0.4, -0.2) is 40.5 Å². The molecule has 0 aliphatic carbocycles. The third kappa shape index (κ3) is 6.17. The number of fused-ring (bicyclic) bond motifs is 4. The lowest BCUT2D eigenvalue weighted by molar-refractivity contribution is -0.118. The number of urea groups is 1. The van der Waals surface area contributed by atoms with Gasteiger partial charge in [0.25, 0.3) is 5.56 Å². The van der Waals surface area contributed by atoms with Crippen molar-refractivity contribution in [3.63, 3.8) is 0 Å². The second-order valence-corrected chi connectivity index (χ2v) is 10.7. The molecule has 1 aromatic heterocycles. The molecule has 3 amide bonds. The number of nitrogens with one attached hydrogen (secondary N) is 2. The van der Waals surface area contributed by atoms with Gasteiger partial charge in [-0.3, -0.25) is 9.59 Å². The Bertz CT molecular complexity index is 1570. The number of nitrogens with zero attached hydrogens (tertiary/aromatic N) is 2. The van der Waals surface area contributed by atoms with Crippen molar-refractivity contribution in [1.82, 2.24) is 14.8 Å². The van der Waals surface area contributed by atoms with Crippen molar-refractivity contribution in [2.24, 2.45) is 5.92 Å². The van der Waals surface area contributed by atoms with E-state index in [2.05, 4.69) is 10.6 Å². The number of aromatic nitrogens is 1. The number of rotatable bonds is 7. The van der Waals surface area contributed by atoms with E-state index in [1.165, 1.54) is 0 Å². The summed E-state index contributed by atoms with van der Waals surface area (Å²) in [6.07, 6.45) is 1.30. The summed E-state index contributed by atoms with van der Waals surface area (Å²) in [4.78, 5) is 41.2. The van der Waals surface area contributed by atoms with Crippen LogP contribution in [0.5, 0.6) is 11.5 Å². The zero-order chi connectivity index (χ0) is 28.2. The predicted octanol–water partition coefficient (Wildman–Crippen LogP) is 5.02. The number of hydrogen-bond acceptors (Lipinski definition) is 4. The number of para-hydroxylation sites is 1. The van der Waals surface area contributed by atoms with Crippen LogP contribution in [0, 0.1) is 5.92 Å². The molecule has 1 saturated heterocycles. The summed E-state index contributed by atoms with van der Waals surface area (Å²) in [6.45, 7) is 1.66. The van der Waals surface area contributed by atoms with Crippen LogP contribution in [0.4, 0.5) is 10.5 Å². The molecule has 0 radical (unpaired) electrons. The lowest BCUT2D eigenvalue weighted by Gasteiger charge is -2.43. The maximum atomic E-state index is 13.5.